The molecule has 0 aliphatic heterocycles. The number of ether oxygens (including phenoxy) is 1. The Hall–Kier alpha value is -3.19. The number of aromatic nitrogens is 2. The maximum Gasteiger partial charge on any atom is 0.166 e. The highest BCUT2D eigenvalue weighted by molar-refractivity contribution is 5.57. The summed E-state index contributed by atoms with van der Waals surface area (Å²) in [7, 11) is 0. The van der Waals surface area contributed by atoms with Crippen LogP contribution in [0.3, 0.4) is 0 Å². The minimum Gasteiger partial charge on any atom is -0.491 e. The van der Waals surface area contributed by atoms with Crippen LogP contribution >= 0.6 is 0 Å². The van der Waals surface area contributed by atoms with Crippen LogP contribution in [0.1, 0.15) is 43.4 Å². The highest BCUT2D eigenvalue weighted by Crippen LogP contribution is 2.19. The molecule has 0 unspecified atom stereocenters. The van der Waals surface area contributed by atoms with Crippen molar-refractivity contribution in [3.8, 4) is 29.0 Å². The first-order chi connectivity index (χ1) is 13.7. The number of halogens is 1. The molecule has 0 N–H and O–H groups in total. The van der Waals surface area contributed by atoms with Crippen LogP contribution in [0.15, 0.2) is 54.9 Å². The predicted molar refractivity (Wildman–Crippen MR) is 110 cm³/mol. The van der Waals surface area contributed by atoms with Crippen LogP contribution in [0.5, 0.6) is 5.75 Å². The van der Waals surface area contributed by atoms with E-state index in [0.717, 1.165) is 36.0 Å². The number of nitrogens with zero attached hydrogens (tertiary/aromatic N) is 2. The van der Waals surface area contributed by atoms with Gasteiger partial charge in [-0.3, -0.25) is 0 Å². The van der Waals surface area contributed by atoms with Gasteiger partial charge < -0.3 is 4.74 Å². The lowest BCUT2D eigenvalue weighted by atomic mass is 10.1. The third-order valence-corrected chi connectivity index (χ3v) is 4.13. The van der Waals surface area contributed by atoms with Gasteiger partial charge in [-0.15, -0.1) is 0 Å². The van der Waals surface area contributed by atoms with E-state index in [9.17, 15) is 4.39 Å². The maximum absolute atomic E-state index is 14.0. The zero-order chi connectivity index (χ0) is 19.8. The average Bonchev–Trinajstić information content (AvgIpc) is 2.73. The molecule has 1 aromatic heterocycles. The Morgan fingerprint density at radius 3 is 2.21 bits per heavy atom. The molecular weight excluding hydrogens is 351 g/mol. The summed E-state index contributed by atoms with van der Waals surface area (Å²) < 4.78 is 19.4. The molecule has 3 aromatic rings. The molecule has 28 heavy (non-hydrogen) atoms. The van der Waals surface area contributed by atoms with E-state index in [2.05, 4.69) is 28.7 Å². The van der Waals surface area contributed by atoms with Gasteiger partial charge in [0.05, 0.1) is 6.61 Å². The molecule has 0 atom stereocenters. The normalized spacial score (nSPS) is 10.2. The van der Waals surface area contributed by atoms with Crippen LogP contribution in [0.2, 0.25) is 0 Å². The van der Waals surface area contributed by atoms with Crippen molar-refractivity contribution in [1.29, 1.82) is 0 Å². The van der Waals surface area contributed by atoms with Gasteiger partial charge in [-0.05, 0) is 60.9 Å². The lowest BCUT2D eigenvalue weighted by molar-refractivity contribution is 0.301. The molecular formula is C24H23FN2O. The second-order valence-corrected chi connectivity index (χ2v) is 6.49. The zero-order valence-corrected chi connectivity index (χ0v) is 16.2. The summed E-state index contributed by atoms with van der Waals surface area (Å²) in [5, 5.41) is 0. The van der Waals surface area contributed by atoms with E-state index in [0.29, 0.717) is 18.0 Å². The molecule has 2 aromatic carbocycles. The number of hydrogen-bond acceptors (Lipinski definition) is 3. The third kappa shape index (κ3) is 5.17. The van der Waals surface area contributed by atoms with Crippen LogP contribution in [-0.2, 0) is 6.42 Å². The van der Waals surface area contributed by atoms with Crippen molar-refractivity contribution in [2.75, 3.05) is 6.61 Å². The number of hydrogen-bond donors (Lipinski definition) is 0. The van der Waals surface area contributed by atoms with E-state index in [1.807, 2.05) is 43.6 Å². The van der Waals surface area contributed by atoms with E-state index < -0.39 is 0 Å². The molecule has 3 nitrogen and oxygen atoms in total. The van der Waals surface area contributed by atoms with Crippen LogP contribution in [0.25, 0.3) is 11.4 Å². The summed E-state index contributed by atoms with van der Waals surface area (Å²) in [6.07, 6.45) is 6.66. The van der Waals surface area contributed by atoms with Crippen molar-refractivity contribution in [1.82, 2.24) is 9.97 Å². The van der Waals surface area contributed by atoms with Crippen molar-refractivity contribution in [2.24, 2.45) is 0 Å². The quantitative estimate of drug-likeness (QED) is 0.540. The molecule has 0 aliphatic rings. The summed E-state index contributed by atoms with van der Waals surface area (Å²) in [4.78, 5) is 8.86. The minimum atomic E-state index is -0.390. The Balaban J connectivity index is 1.70. The van der Waals surface area contributed by atoms with Gasteiger partial charge in [0.2, 0.25) is 0 Å². The van der Waals surface area contributed by atoms with Crippen molar-refractivity contribution < 1.29 is 9.13 Å². The number of rotatable bonds is 6. The second kappa shape index (κ2) is 9.66. The van der Waals surface area contributed by atoms with Crippen LogP contribution in [-0.4, -0.2) is 16.6 Å². The fourth-order valence-corrected chi connectivity index (χ4v) is 2.68. The molecule has 0 saturated heterocycles. The molecule has 4 heteroatoms. The van der Waals surface area contributed by atoms with E-state index in [-0.39, 0.29) is 11.6 Å². The van der Waals surface area contributed by atoms with Crippen molar-refractivity contribution in [2.45, 2.75) is 33.1 Å². The smallest absolute Gasteiger partial charge is 0.166 e. The average molecular weight is 374 g/mol. The van der Waals surface area contributed by atoms with Crippen molar-refractivity contribution in [3.05, 3.63) is 77.4 Å². The molecule has 0 bridgehead atoms. The van der Waals surface area contributed by atoms with E-state index in [1.54, 1.807) is 12.1 Å². The monoisotopic (exact) mass is 374 g/mol. The fourth-order valence-electron chi connectivity index (χ4n) is 2.68. The minimum absolute atomic E-state index is 0.265. The van der Waals surface area contributed by atoms with Gasteiger partial charge in [0, 0.05) is 29.1 Å². The first kappa shape index (κ1) is 19.6. The Morgan fingerprint density at radius 2 is 1.57 bits per heavy atom. The van der Waals surface area contributed by atoms with Crippen molar-refractivity contribution in [3.63, 3.8) is 0 Å². The van der Waals surface area contributed by atoms with Crippen LogP contribution in [0.4, 0.5) is 4.39 Å². The first-order valence-electron chi connectivity index (χ1n) is 9.55. The molecule has 0 amide bonds. The van der Waals surface area contributed by atoms with Gasteiger partial charge in [-0.2, -0.15) is 0 Å². The van der Waals surface area contributed by atoms with E-state index in [1.165, 1.54) is 6.07 Å². The van der Waals surface area contributed by atoms with Crippen LogP contribution in [0, 0.1) is 17.7 Å². The number of aryl methyl sites for hydroxylation is 1. The molecule has 1 heterocycles. The highest BCUT2D eigenvalue weighted by Gasteiger charge is 2.04. The standard InChI is InChI=1S/C24H23FN2O/c1-3-5-20-16-26-24(27-17-20)21-11-8-18(9-12-21)6-7-19-10-13-23(22(25)15-19)28-14-4-2/h8-13,15-17H,3-5,14H2,1-2H3. The Kier molecular flexibility index (Phi) is 6.75. The summed E-state index contributed by atoms with van der Waals surface area (Å²) in [5.74, 6) is 6.62. The third-order valence-electron chi connectivity index (χ3n) is 4.13. The summed E-state index contributed by atoms with van der Waals surface area (Å²) in [5.41, 5.74) is 3.54. The fraction of sp³-hybridized carbons (Fsp3) is 0.250. The largest absolute Gasteiger partial charge is 0.491 e. The lowest BCUT2D eigenvalue weighted by Crippen LogP contribution is -1.97. The van der Waals surface area contributed by atoms with Gasteiger partial charge in [-0.25, -0.2) is 14.4 Å². The molecule has 0 saturated carbocycles. The SMILES string of the molecule is CCCOc1ccc(C#Cc2ccc(-c3ncc(CCC)cn3)cc2)cc1F. The Labute approximate surface area is 165 Å². The van der Waals surface area contributed by atoms with Gasteiger partial charge in [0.25, 0.3) is 0 Å². The van der Waals surface area contributed by atoms with Crippen LogP contribution < -0.4 is 4.74 Å². The van der Waals surface area contributed by atoms with Gasteiger partial charge >= 0.3 is 0 Å². The predicted octanol–water partition coefficient (Wildman–Crippen LogP) is 5.42. The van der Waals surface area contributed by atoms with Gasteiger partial charge in [0.1, 0.15) is 0 Å². The lowest BCUT2D eigenvalue weighted by Gasteiger charge is -2.05. The molecule has 3 rings (SSSR count). The second-order valence-electron chi connectivity index (χ2n) is 6.49. The molecule has 0 radical (unpaired) electrons. The van der Waals surface area contributed by atoms with Crippen molar-refractivity contribution >= 4 is 0 Å². The zero-order valence-electron chi connectivity index (χ0n) is 16.2. The molecule has 0 aliphatic carbocycles. The highest BCUT2D eigenvalue weighted by atomic mass is 19.1. The molecule has 0 fully saturated rings. The molecule has 142 valence electrons. The summed E-state index contributed by atoms with van der Waals surface area (Å²) in [6, 6.07) is 12.5. The Morgan fingerprint density at radius 1 is 0.893 bits per heavy atom. The van der Waals surface area contributed by atoms with Gasteiger partial charge in [0.15, 0.2) is 17.4 Å². The Bertz CT molecular complexity index is 970. The topological polar surface area (TPSA) is 35.0 Å². The summed E-state index contributed by atoms with van der Waals surface area (Å²) >= 11 is 0. The first-order valence-corrected chi connectivity index (χ1v) is 9.55. The maximum atomic E-state index is 14.0. The van der Waals surface area contributed by atoms with E-state index >= 15 is 0 Å². The van der Waals surface area contributed by atoms with E-state index in [4.69, 9.17) is 4.74 Å². The molecule has 0 spiro atoms. The number of benzene rings is 2. The van der Waals surface area contributed by atoms with Gasteiger partial charge in [-0.1, -0.05) is 32.1 Å². The summed E-state index contributed by atoms with van der Waals surface area (Å²) in [6.45, 7) is 4.62.